The first kappa shape index (κ1) is 13.0. The minimum atomic E-state index is -0.00120. The molecular formula is C15H16N2O2S. The average Bonchev–Trinajstić information content (AvgIpc) is 2.93. The van der Waals surface area contributed by atoms with E-state index in [0.717, 1.165) is 13.0 Å². The molecule has 2 heterocycles. The van der Waals surface area contributed by atoms with Gasteiger partial charge in [-0.05, 0) is 35.6 Å². The highest BCUT2D eigenvalue weighted by Crippen LogP contribution is 2.28. The first-order valence-corrected chi connectivity index (χ1v) is 7.35. The maximum atomic E-state index is 12.6. The highest BCUT2D eigenvalue weighted by molar-refractivity contribution is 7.10. The predicted molar refractivity (Wildman–Crippen MR) is 80.2 cm³/mol. The molecule has 5 heteroatoms. The van der Waals surface area contributed by atoms with Crippen molar-refractivity contribution < 1.29 is 9.53 Å². The summed E-state index contributed by atoms with van der Waals surface area (Å²) in [7, 11) is 1.55. The van der Waals surface area contributed by atoms with Gasteiger partial charge in [0.1, 0.15) is 5.75 Å². The lowest BCUT2D eigenvalue weighted by Crippen LogP contribution is -2.35. The summed E-state index contributed by atoms with van der Waals surface area (Å²) in [5.74, 6) is 0.532. The Balaban J connectivity index is 1.87. The van der Waals surface area contributed by atoms with E-state index in [2.05, 4.69) is 11.4 Å². The summed E-state index contributed by atoms with van der Waals surface area (Å²) in [5.41, 5.74) is 8.15. The Morgan fingerprint density at radius 2 is 2.25 bits per heavy atom. The molecule has 1 aliphatic heterocycles. The van der Waals surface area contributed by atoms with E-state index in [1.54, 1.807) is 36.6 Å². The summed E-state index contributed by atoms with van der Waals surface area (Å²) in [6, 6.07) is 7.25. The van der Waals surface area contributed by atoms with Crippen molar-refractivity contribution in [2.45, 2.75) is 13.0 Å². The maximum absolute atomic E-state index is 12.6. The Bertz CT molecular complexity index is 651. The van der Waals surface area contributed by atoms with Crippen LogP contribution in [0.2, 0.25) is 0 Å². The van der Waals surface area contributed by atoms with Gasteiger partial charge in [0, 0.05) is 29.7 Å². The molecule has 0 atom stereocenters. The fourth-order valence-electron chi connectivity index (χ4n) is 2.48. The first-order chi connectivity index (χ1) is 9.69. The number of nitrogens with zero attached hydrogens (tertiary/aromatic N) is 1. The number of carbonyl (C=O) groups is 1. The summed E-state index contributed by atoms with van der Waals surface area (Å²) in [5, 5.41) is 2.09. The van der Waals surface area contributed by atoms with E-state index in [-0.39, 0.29) is 5.91 Å². The Labute approximate surface area is 121 Å². The maximum Gasteiger partial charge on any atom is 0.257 e. The van der Waals surface area contributed by atoms with Gasteiger partial charge in [-0.15, -0.1) is 11.3 Å². The average molecular weight is 288 g/mol. The Morgan fingerprint density at radius 1 is 1.40 bits per heavy atom. The predicted octanol–water partition coefficient (Wildman–Crippen LogP) is 2.54. The Kier molecular flexibility index (Phi) is 3.36. The molecule has 0 aliphatic carbocycles. The minimum absolute atomic E-state index is 0.00120. The van der Waals surface area contributed by atoms with Gasteiger partial charge in [0.05, 0.1) is 12.7 Å². The van der Waals surface area contributed by atoms with Crippen molar-refractivity contribution in [1.29, 1.82) is 0 Å². The van der Waals surface area contributed by atoms with Crippen molar-refractivity contribution in [3.63, 3.8) is 0 Å². The zero-order chi connectivity index (χ0) is 14.1. The van der Waals surface area contributed by atoms with Crippen LogP contribution < -0.4 is 10.5 Å². The van der Waals surface area contributed by atoms with Crippen LogP contribution in [0.25, 0.3) is 0 Å². The van der Waals surface area contributed by atoms with Crippen molar-refractivity contribution in [3.05, 3.63) is 45.6 Å². The van der Waals surface area contributed by atoms with Crippen molar-refractivity contribution >= 4 is 22.9 Å². The van der Waals surface area contributed by atoms with Crippen LogP contribution in [-0.4, -0.2) is 24.5 Å². The first-order valence-electron chi connectivity index (χ1n) is 6.47. The van der Waals surface area contributed by atoms with Crippen LogP contribution >= 0.6 is 11.3 Å². The van der Waals surface area contributed by atoms with Crippen LogP contribution in [0.5, 0.6) is 5.75 Å². The molecule has 2 aromatic rings. The number of carbonyl (C=O) groups excluding carboxylic acids is 1. The number of hydrogen-bond donors (Lipinski definition) is 1. The fraction of sp³-hybridized carbons (Fsp3) is 0.267. The molecule has 0 unspecified atom stereocenters. The zero-order valence-electron chi connectivity index (χ0n) is 11.3. The second-order valence-electron chi connectivity index (χ2n) is 4.81. The summed E-state index contributed by atoms with van der Waals surface area (Å²) in [4.78, 5) is 15.9. The van der Waals surface area contributed by atoms with Gasteiger partial charge in [0.15, 0.2) is 0 Å². The van der Waals surface area contributed by atoms with E-state index in [1.165, 1.54) is 10.4 Å². The van der Waals surface area contributed by atoms with Crippen LogP contribution in [0.3, 0.4) is 0 Å². The van der Waals surface area contributed by atoms with Gasteiger partial charge in [-0.2, -0.15) is 0 Å². The van der Waals surface area contributed by atoms with E-state index in [4.69, 9.17) is 10.5 Å². The SMILES string of the molecule is COc1cc(N)ccc1C(=O)N1CCc2sccc2C1. The van der Waals surface area contributed by atoms with Gasteiger partial charge in [-0.1, -0.05) is 0 Å². The topological polar surface area (TPSA) is 55.6 Å². The molecule has 0 fully saturated rings. The number of thiophene rings is 1. The van der Waals surface area contributed by atoms with Gasteiger partial charge >= 0.3 is 0 Å². The lowest BCUT2D eigenvalue weighted by atomic mass is 10.1. The quantitative estimate of drug-likeness (QED) is 0.864. The van der Waals surface area contributed by atoms with Crippen LogP contribution in [0.1, 0.15) is 20.8 Å². The zero-order valence-corrected chi connectivity index (χ0v) is 12.1. The fourth-order valence-corrected chi connectivity index (χ4v) is 3.37. The van der Waals surface area contributed by atoms with E-state index >= 15 is 0 Å². The lowest BCUT2D eigenvalue weighted by Gasteiger charge is -2.27. The molecule has 3 rings (SSSR count). The van der Waals surface area contributed by atoms with E-state index in [9.17, 15) is 4.79 Å². The third-order valence-corrected chi connectivity index (χ3v) is 4.57. The minimum Gasteiger partial charge on any atom is -0.496 e. The molecule has 1 amide bonds. The third kappa shape index (κ3) is 2.25. The van der Waals surface area contributed by atoms with E-state index in [0.29, 0.717) is 23.5 Å². The Morgan fingerprint density at radius 3 is 3.05 bits per heavy atom. The van der Waals surface area contributed by atoms with Crippen molar-refractivity contribution in [1.82, 2.24) is 4.90 Å². The lowest BCUT2D eigenvalue weighted by molar-refractivity contribution is 0.0732. The third-order valence-electron chi connectivity index (χ3n) is 3.55. The number of benzene rings is 1. The Hall–Kier alpha value is -2.01. The van der Waals surface area contributed by atoms with Crippen LogP contribution in [0.15, 0.2) is 29.6 Å². The number of rotatable bonds is 2. The van der Waals surface area contributed by atoms with Crippen molar-refractivity contribution in [3.8, 4) is 5.75 Å². The van der Waals surface area contributed by atoms with Gasteiger partial charge < -0.3 is 15.4 Å². The summed E-state index contributed by atoms with van der Waals surface area (Å²) < 4.78 is 5.27. The van der Waals surface area contributed by atoms with E-state index in [1.807, 2.05) is 4.90 Å². The van der Waals surface area contributed by atoms with Gasteiger partial charge in [0.2, 0.25) is 0 Å². The molecule has 1 aliphatic rings. The number of nitrogens with two attached hydrogens (primary N) is 1. The van der Waals surface area contributed by atoms with Crippen LogP contribution in [-0.2, 0) is 13.0 Å². The molecular weight excluding hydrogens is 272 g/mol. The molecule has 4 nitrogen and oxygen atoms in total. The molecule has 0 saturated heterocycles. The molecule has 0 bridgehead atoms. The summed E-state index contributed by atoms with van der Waals surface area (Å²) in [6.45, 7) is 1.42. The number of ether oxygens (including phenoxy) is 1. The summed E-state index contributed by atoms with van der Waals surface area (Å²) >= 11 is 1.77. The molecule has 0 spiro atoms. The largest absolute Gasteiger partial charge is 0.496 e. The number of hydrogen-bond acceptors (Lipinski definition) is 4. The molecule has 0 saturated carbocycles. The van der Waals surface area contributed by atoms with Crippen LogP contribution in [0, 0.1) is 0 Å². The number of anilines is 1. The van der Waals surface area contributed by atoms with Crippen molar-refractivity contribution in [2.24, 2.45) is 0 Å². The second-order valence-corrected chi connectivity index (χ2v) is 5.81. The van der Waals surface area contributed by atoms with E-state index < -0.39 is 0 Å². The van der Waals surface area contributed by atoms with Crippen molar-refractivity contribution in [2.75, 3.05) is 19.4 Å². The number of methoxy groups -OCH3 is 1. The molecule has 1 aromatic heterocycles. The molecule has 2 N–H and O–H groups in total. The molecule has 104 valence electrons. The highest BCUT2D eigenvalue weighted by atomic mass is 32.1. The monoisotopic (exact) mass is 288 g/mol. The van der Waals surface area contributed by atoms with Gasteiger partial charge in [-0.3, -0.25) is 4.79 Å². The van der Waals surface area contributed by atoms with Gasteiger partial charge in [-0.25, -0.2) is 0 Å². The smallest absolute Gasteiger partial charge is 0.257 e. The molecule has 20 heavy (non-hydrogen) atoms. The van der Waals surface area contributed by atoms with Gasteiger partial charge in [0.25, 0.3) is 5.91 Å². The second kappa shape index (κ2) is 5.17. The normalized spacial score (nSPS) is 13.9. The van der Waals surface area contributed by atoms with Crippen LogP contribution in [0.4, 0.5) is 5.69 Å². The molecule has 0 radical (unpaired) electrons. The molecule has 1 aromatic carbocycles. The highest BCUT2D eigenvalue weighted by Gasteiger charge is 2.24. The number of fused-ring (bicyclic) bond motifs is 1. The standard InChI is InChI=1S/C15H16N2O2S/c1-19-13-8-11(16)2-3-12(13)15(18)17-6-4-14-10(9-17)5-7-20-14/h2-3,5,7-8H,4,6,9,16H2,1H3. The number of amides is 1. The number of nitrogen functional groups attached to an aromatic ring is 1. The summed E-state index contributed by atoms with van der Waals surface area (Å²) in [6.07, 6.45) is 0.927.